The van der Waals surface area contributed by atoms with Gasteiger partial charge in [-0.05, 0) is 87.0 Å². The van der Waals surface area contributed by atoms with E-state index < -0.39 is 0 Å². The summed E-state index contributed by atoms with van der Waals surface area (Å²) in [5.41, 5.74) is 0.507. The summed E-state index contributed by atoms with van der Waals surface area (Å²) in [6.07, 6.45) is 6.89. The van der Waals surface area contributed by atoms with Crippen LogP contribution in [0, 0.1) is 17.7 Å². The number of hydrogen-bond donors (Lipinski definition) is 1. The summed E-state index contributed by atoms with van der Waals surface area (Å²) in [4.78, 5) is 21.5. The van der Waals surface area contributed by atoms with Crippen LogP contribution in [0.3, 0.4) is 0 Å². The molecule has 6 heteroatoms. The van der Waals surface area contributed by atoms with Crippen molar-refractivity contribution in [3.63, 3.8) is 0 Å². The van der Waals surface area contributed by atoms with Crippen LogP contribution in [0.2, 0.25) is 0 Å². The van der Waals surface area contributed by atoms with Gasteiger partial charge in [0.25, 0.3) is 5.91 Å². The maximum Gasteiger partial charge on any atom is 0.251 e. The highest BCUT2D eigenvalue weighted by molar-refractivity contribution is 5.94. The smallest absolute Gasteiger partial charge is 0.251 e. The molecule has 0 bridgehead atoms. The molecule has 3 heterocycles. The Morgan fingerprint density at radius 3 is 2.27 bits per heavy atom. The van der Waals surface area contributed by atoms with Gasteiger partial charge in [-0.2, -0.15) is 0 Å². The molecule has 1 aromatic carbocycles. The van der Waals surface area contributed by atoms with Crippen molar-refractivity contribution >= 4 is 11.7 Å². The second-order valence-corrected chi connectivity index (χ2v) is 8.45. The van der Waals surface area contributed by atoms with Gasteiger partial charge in [-0.15, -0.1) is 0 Å². The summed E-state index contributed by atoms with van der Waals surface area (Å²) < 4.78 is 13.0. The number of anilines is 1. The predicted octanol–water partition coefficient (Wildman–Crippen LogP) is 3.58. The molecule has 0 atom stereocenters. The van der Waals surface area contributed by atoms with E-state index in [2.05, 4.69) is 32.2 Å². The molecule has 0 spiro atoms. The van der Waals surface area contributed by atoms with Crippen molar-refractivity contribution in [1.82, 2.24) is 15.2 Å². The average molecular weight is 411 g/mol. The number of hydrogen-bond acceptors (Lipinski definition) is 4. The number of halogens is 1. The molecule has 2 saturated heterocycles. The van der Waals surface area contributed by atoms with E-state index in [0.29, 0.717) is 12.1 Å². The predicted molar refractivity (Wildman–Crippen MR) is 117 cm³/mol. The molecule has 1 amide bonds. The largest absolute Gasteiger partial charge is 0.357 e. The number of carbonyl (C=O) groups excluding carboxylic acids is 1. The standard InChI is InChI=1S/C24H31FN4O/c25-22-6-4-21(5-7-22)24(30)27-13-18-28-14-8-19(9-15-28)20-10-16-29(17-11-20)23-3-1-2-12-26-23/h1-7,12,19-20H,8-11,13-18H2,(H,27,30). The molecule has 2 aliphatic heterocycles. The number of piperidine rings is 2. The number of nitrogens with one attached hydrogen (secondary N) is 1. The molecule has 5 nitrogen and oxygen atoms in total. The molecular weight excluding hydrogens is 379 g/mol. The fourth-order valence-corrected chi connectivity index (χ4v) is 4.82. The molecule has 2 fully saturated rings. The fraction of sp³-hybridized carbons (Fsp3) is 0.500. The van der Waals surface area contributed by atoms with Gasteiger partial charge in [0.05, 0.1) is 0 Å². The van der Waals surface area contributed by atoms with E-state index in [1.165, 1.54) is 49.9 Å². The number of rotatable bonds is 6. The first-order valence-corrected chi connectivity index (χ1v) is 11.1. The minimum absolute atomic E-state index is 0.135. The van der Waals surface area contributed by atoms with Crippen molar-refractivity contribution in [3.05, 3.63) is 60.0 Å². The lowest BCUT2D eigenvalue weighted by Crippen LogP contribution is -2.43. The Labute approximate surface area is 178 Å². The molecule has 30 heavy (non-hydrogen) atoms. The van der Waals surface area contributed by atoms with Crippen molar-refractivity contribution in [2.24, 2.45) is 11.8 Å². The number of amides is 1. The van der Waals surface area contributed by atoms with E-state index in [9.17, 15) is 9.18 Å². The minimum atomic E-state index is -0.322. The van der Waals surface area contributed by atoms with E-state index in [1.54, 1.807) is 0 Å². The Morgan fingerprint density at radius 2 is 1.63 bits per heavy atom. The van der Waals surface area contributed by atoms with E-state index >= 15 is 0 Å². The Hall–Kier alpha value is -2.47. The van der Waals surface area contributed by atoms with E-state index in [0.717, 1.165) is 50.4 Å². The zero-order valence-electron chi connectivity index (χ0n) is 17.5. The van der Waals surface area contributed by atoms with Crippen molar-refractivity contribution in [1.29, 1.82) is 0 Å². The third kappa shape index (κ3) is 5.36. The molecule has 0 unspecified atom stereocenters. The highest BCUT2D eigenvalue weighted by atomic mass is 19.1. The summed E-state index contributed by atoms with van der Waals surface area (Å²) in [5, 5.41) is 2.95. The Kier molecular flexibility index (Phi) is 6.95. The summed E-state index contributed by atoms with van der Waals surface area (Å²) >= 11 is 0. The molecule has 4 rings (SSSR count). The van der Waals surface area contributed by atoms with Crippen LogP contribution in [0.1, 0.15) is 36.0 Å². The molecule has 1 aromatic heterocycles. The number of carbonyl (C=O) groups is 1. The Balaban J connectivity index is 1.14. The normalized spacial score (nSPS) is 19.0. The minimum Gasteiger partial charge on any atom is -0.357 e. The van der Waals surface area contributed by atoms with Crippen LogP contribution in [0.25, 0.3) is 0 Å². The number of likely N-dealkylation sites (tertiary alicyclic amines) is 1. The van der Waals surface area contributed by atoms with Crippen LogP contribution in [0.5, 0.6) is 0 Å². The van der Waals surface area contributed by atoms with Crippen LogP contribution in [-0.2, 0) is 0 Å². The van der Waals surface area contributed by atoms with Gasteiger partial charge in [-0.1, -0.05) is 6.07 Å². The molecule has 0 saturated carbocycles. The lowest BCUT2D eigenvalue weighted by atomic mass is 9.79. The first-order chi connectivity index (χ1) is 14.7. The van der Waals surface area contributed by atoms with Crippen LogP contribution in [-0.4, -0.2) is 55.1 Å². The second kappa shape index (κ2) is 10.0. The second-order valence-electron chi connectivity index (χ2n) is 8.45. The van der Waals surface area contributed by atoms with Crippen molar-refractivity contribution < 1.29 is 9.18 Å². The molecule has 0 aliphatic carbocycles. The van der Waals surface area contributed by atoms with Gasteiger partial charge in [0.15, 0.2) is 0 Å². The van der Waals surface area contributed by atoms with Gasteiger partial charge in [0, 0.05) is 37.9 Å². The SMILES string of the molecule is O=C(NCCN1CCC(C2CCN(c3ccccn3)CC2)CC1)c1ccc(F)cc1. The number of nitrogens with zero attached hydrogens (tertiary/aromatic N) is 3. The Bertz CT molecular complexity index is 798. The van der Waals surface area contributed by atoms with Crippen LogP contribution < -0.4 is 10.2 Å². The van der Waals surface area contributed by atoms with E-state index in [-0.39, 0.29) is 11.7 Å². The highest BCUT2D eigenvalue weighted by Gasteiger charge is 2.29. The van der Waals surface area contributed by atoms with E-state index in [4.69, 9.17) is 0 Å². The summed E-state index contributed by atoms with van der Waals surface area (Å²) in [6.45, 7) is 5.94. The lowest BCUT2D eigenvalue weighted by Gasteiger charge is -2.40. The van der Waals surface area contributed by atoms with Gasteiger partial charge in [-0.3, -0.25) is 4.79 Å². The van der Waals surface area contributed by atoms with Crippen molar-refractivity contribution in [2.45, 2.75) is 25.7 Å². The van der Waals surface area contributed by atoms with E-state index in [1.807, 2.05) is 12.3 Å². The summed E-state index contributed by atoms with van der Waals surface area (Å²) in [5.74, 6) is 2.29. The summed E-state index contributed by atoms with van der Waals surface area (Å²) in [7, 11) is 0. The maximum absolute atomic E-state index is 13.0. The van der Waals surface area contributed by atoms with Gasteiger partial charge in [0.2, 0.25) is 0 Å². The molecule has 160 valence electrons. The molecule has 2 aliphatic rings. The third-order valence-electron chi connectivity index (χ3n) is 6.63. The summed E-state index contributed by atoms with van der Waals surface area (Å²) in [6, 6.07) is 11.8. The van der Waals surface area contributed by atoms with Crippen LogP contribution in [0.4, 0.5) is 10.2 Å². The van der Waals surface area contributed by atoms with Crippen LogP contribution in [0.15, 0.2) is 48.7 Å². The number of benzene rings is 1. The topological polar surface area (TPSA) is 48.5 Å². The Morgan fingerprint density at radius 1 is 0.967 bits per heavy atom. The molecule has 1 N–H and O–H groups in total. The first kappa shape index (κ1) is 20.8. The monoisotopic (exact) mass is 410 g/mol. The van der Waals surface area contributed by atoms with Crippen LogP contribution >= 0.6 is 0 Å². The number of aromatic nitrogens is 1. The lowest BCUT2D eigenvalue weighted by molar-refractivity contribution is 0.0937. The molecular formula is C24H31FN4O. The maximum atomic E-state index is 13.0. The van der Waals surface area contributed by atoms with Gasteiger partial charge in [-0.25, -0.2) is 9.37 Å². The van der Waals surface area contributed by atoms with Crippen molar-refractivity contribution in [3.8, 4) is 0 Å². The number of pyridine rings is 1. The fourth-order valence-electron chi connectivity index (χ4n) is 4.82. The average Bonchev–Trinajstić information content (AvgIpc) is 2.81. The first-order valence-electron chi connectivity index (χ1n) is 11.1. The van der Waals surface area contributed by atoms with Crippen molar-refractivity contribution in [2.75, 3.05) is 44.2 Å². The third-order valence-corrected chi connectivity index (χ3v) is 6.63. The zero-order chi connectivity index (χ0) is 20.8. The van der Waals surface area contributed by atoms with Gasteiger partial charge in [0.1, 0.15) is 11.6 Å². The van der Waals surface area contributed by atoms with Gasteiger partial charge >= 0.3 is 0 Å². The molecule has 2 aromatic rings. The quantitative estimate of drug-likeness (QED) is 0.791. The zero-order valence-corrected chi connectivity index (χ0v) is 17.5. The molecule has 0 radical (unpaired) electrons. The highest BCUT2D eigenvalue weighted by Crippen LogP contribution is 2.33. The van der Waals surface area contributed by atoms with Gasteiger partial charge < -0.3 is 15.1 Å².